The molecule has 0 aromatic rings. The zero-order valence-corrected chi connectivity index (χ0v) is 10.9. The maximum Gasteiger partial charge on any atom is 0.236 e. The van der Waals surface area contributed by atoms with E-state index in [-0.39, 0.29) is 18.1 Å². The largest absolute Gasteiger partial charge is 0.378 e. The normalized spacial score (nSPS) is 26.7. The van der Waals surface area contributed by atoms with Gasteiger partial charge in [0.1, 0.15) is 0 Å². The molecule has 1 aliphatic rings. The summed E-state index contributed by atoms with van der Waals surface area (Å²) in [4.78, 5) is 11.6. The molecule has 1 amide bonds. The highest BCUT2D eigenvalue weighted by atomic mass is 32.2. The molecule has 0 radical (unpaired) electrons. The second kappa shape index (κ2) is 7.14. The highest BCUT2D eigenvalue weighted by molar-refractivity contribution is 7.98. The van der Waals surface area contributed by atoms with Crippen molar-refractivity contribution in [2.45, 2.75) is 31.9 Å². The molecule has 16 heavy (non-hydrogen) atoms. The Morgan fingerprint density at radius 1 is 1.69 bits per heavy atom. The standard InChI is InChI=1S/C11H22N2O2S/c1-8-9(3-5-15-8)7-13-11(14)10(12)4-6-16-2/h8-10H,3-7,12H2,1-2H3,(H,13,14)/t8?,9?,10-/m1/s1. The van der Waals surface area contributed by atoms with Crippen molar-refractivity contribution in [1.82, 2.24) is 5.32 Å². The first-order valence-corrected chi connectivity index (χ1v) is 7.18. The van der Waals surface area contributed by atoms with Crippen molar-refractivity contribution in [3.63, 3.8) is 0 Å². The molecule has 2 unspecified atom stereocenters. The van der Waals surface area contributed by atoms with Crippen LogP contribution in [0, 0.1) is 5.92 Å². The van der Waals surface area contributed by atoms with Gasteiger partial charge in [0.25, 0.3) is 0 Å². The predicted octanol–water partition coefficient (Wildman–Crippen LogP) is 0.608. The van der Waals surface area contributed by atoms with Gasteiger partial charge in [-0.25, -0.2) is 0 Å². The summed E-state index contributed by atoms with van der Waals surface area (Å²) in [7, 11) is 0. The molecule has 1 heterocycles. The Labute approximate surface area is 102 Å². The smallest absolute Gasteiger partial charge is 0.236 e. The first-order valence-electron chi connectivity index (χ1n) is 5.79. The second-order valence-electron chi connectivity index (χ2n) is 4.26. The highest BCUT2D eigenvalue weighted by Crippen LogP contribution is 2.19. The van der Waals surface area contributed by atoms with Gasteiger partial charge in [0.2, 0.25) is 5.91 Å². The van der Waals surface area contributed by atoms with E-state index in [1.54, 1.807) is 11.8 Å². The molecule has 0 aromatic heterocycles. The Balaban J connectivity index is 2.18. The Bertz CT molecular complexity index is 226. The summed E-state index contributed by atoms with van der Waals surface area (Å²) in [6.07, 6.45) is 4.04. The molecule has 1 rings (SSSR count). The maximum absolute atomic E-state index is 11.6. The summed E-state index contributed by atoms with van der Waals surface area (Å²) in [5.41, 5.74) is 5.77. The van der Waals surface area contributed by atoms with Crippen LogP contribution in [0.1, 0.15) is 19.8 Å². The van der Waals surface area contributed by atoms with Crippen LogP contribution in [0.15, 0.2) is 0 Å². The Hall–Kier alpha value is -0.260. The molecular weight excluding hydrogens is 224 g/mol. The molecule has 1 aliphatic heterocycles. The summed E-state index contributed by atoms with van der Waals surface area (Å²) < 4.78 is 5.44. The van der Waals surface area contributed by atoms with Gasteiger partial charge in [-0.15, -0.1) is 0 Å². The van der Waals surface area contributed by atoms with Crippen molar-refractivity contribution in [3.8, 4) is 0 Å². The van der Waals surface area contributed by atoms with Crippen molar-refractivity contribution in [2.75, 3.05) is 25.2 Å². The van der Waals surface area contributed by atoms with Gasteiger partial charge in [0.15, 0.2) is 0 Å². The number of nitrogens with two attached hydrogens (primary N) is 1. The molecule has 94 valence electrons. The van der Waals surface area contributed by atoms with Gasteiger partial charge in [-0.2, -0.15) is 11.8 Å². The first kappa shape index (κ1) is 13.8. The molecule has 3 atom stereocenters. The van der Waals surface area contributed by atoms with Crippen LogP contribution in [0.25, 0.3) is 0 Å². The lowest BCUT2D eigenvalue weighted by Crippen LogP contribution is -2.43. The highest BCUT2D eigenvalue weighted by Gasteiger charge is 2.25. The maximum atomic E-state index is 11.6. The lowest BCUT2D eigenvalue weighted by Gasteiger charge is -2.17. The fourth-order valence-corrected chi connectivity index (χ4v) is 2.27. The van der Waals surface area contributed by atoms with Crippen LogP contribution in [0.3, 0.4) is 0 Å². The van der Waals surface area contributed by atoms with Crippen LogP contribution < -0.4 is 11.1 Å². The average molecular weight is 246 g/mol. The minimum absolute atomic E-state index is 0.0341. The zero-order chi connectivity index (χ0) is 12.0. The van der Waals surface area contributed by atoms with Crippen molar-refractivity contribution in [3.05, 3.63) is 0 Å². The third kappa shape index (κ3) is 4.31. The van der Waals surface area contributed by atoms with E-state index in [2.05, 4.69) is 12.2 Å². The number of carbonyl (C=O) groups excluding carboxylic acids is 1. The van der Waals surface area contributed by atoms with Gasteiger partial charge in [0, 0.05) is 19.1 Å². The molecule has 0 aromatic carbocycles. The van der Waals surface area contributed by atoms with Gasteiger partial charge in [-0.05, 0) is 31.8 Å². The molecule has 1 saturated heterocycles. The molecule has 3 N–H and O–H groups in total. The SMILES string of the molecule is CSCC[C@@H](N)C(=O)NCC1CCOC1C. The minimum atomic E-state index is -0.370. The van der Waals surface area contributed by atoms with Crippen LogP contribution in [0.4, 0.5) is 0 Å². The summed E-state index contributed by atoms with van der Waals surface area (Å²) in [6.45, 7) is 3.55. The Morgan fingerprint density at radius 3 is 3.00 bits per heavy atom. The number of rotatable bonds is 6. The van der Waals surface area contributed by atoms with Crippen molar-refractivity contribution in [2.24, 2.45) is 11.7 Å². The quantitative estimate of drug-likeness (QED) is 0.720. The topological polar surface area (TPSA) is 64.4 Å². The van der Waals surface area contributed by atoms with E-state index in [1.165, 1.54) is 0 Å². The van der Waals surface area contributed by atoms with Crippen molar-refractivity contribution >= 4 is 17.7 Å². The number of hydrogen-bond acceptors (Lipinski definition) is 4. The molecule has 0 saturated carbocycles. The van der Waals surface area contributed by atoms with E-state index in [9.17, 15) is 4.79 Å². The minimum Gasteiger partial charge on any atom is -0.378 e. The number of thioether (sulfide) groups is 1. The van der Waals surface area contributed by atoms with Crippen molar-refractivity contribution < 1.29 is 9.53 Å². The van der Waals surface area contributed by atoms with E-state index in [1.807, 2.05) is 6.26 Å². The van der Waals surface area contributed by atoms with Crippen molar-refractivity contribution in [1.29, 1.82) is 0 Å². The summed E-state index contributed by atoms with van der Waals surface area (Å²) >= 11 is 1.71. The Kier molecular flexibility index (Phi) is 6.16. The second-order valence-corrected chi connectivity index (χ2v) is 5.24. The molecule has 4 nitrogen and oxygen atoms in total. The van der Waals surface area contributed by atoms with Crippen LogP contribution in [-0.4, -0.2) is 43.2 Å². The molecule has 0 aliphatic carbocycles. The predicted molar refractivity (Wildman–Crippen MR) is 67.5 cm³/mol. The lowest BCUT2D eigenvalue weighted by atomic mass is 10.0. The fraction of sp³-hybridized carbons (Fsp3) is 0.909. The number of ether oxygens (including phenoxy) is 1. The fourth-order valence-electron chi connectivity index (χ4n) is 1.78. The number of nitrogens with one attached hydrogen (secondary N) is 1. The van der Waals surface area contributed by atoms with Crippen LogP contribution in [0.5, 0.6) is 0 Å². The van der Waals surface area contributed by atoms with E-state index in [0.717, 1.165) is 25.2 Å². The molecule has 0 bridgehead atoms. The third-order valence-electron chi connectivity index (χ3n) is 3.04. The number of carbonyl (C=O) groups is 1. The zero-order valence-electron chi connectivity index (χ0n) is 10.1. The van der Waals surface area contributed by atoms with E-state index in [0.29, 0.717) is 12.5 Å². The van der Waals surface area contributed by atoms with E-state index < -0.39 is 0 Å². The van der Waals surface area contributed by atoms with E-state index >= 15 is 0 Å². The molecule has 0 spiro atoms. The lowest BCUT2D eigenvalue weighted by molar-refractivity contribution is -0.122. The van der Waals surface area contributed by atoms with Gasteiger partial charge in [-0.1, -0.05) is 0 Å². The summed E-state index contributed by atoms with van der Waals surface area (Å²) in [5.74, 6) is 1.34. The number of hydrogen-bond donors (Lipinski definition) is 2. The Morgan fingerprint density at radius 2 is 2.44 bits per heavy atom. The van der Waals surface area contributed by atoms with Gasteiger partial charge < -0.3 is 15.8 Å². The third-order valence-corrected chi connectivity index (χ3v) is 3.69. The molecule has 1 fully saturated rings. The van der Waals surface area contributed by atoms with Crippen LogP contribution in [-0.2, 0) is 9.53 Å². The molecule has 5 heteroatoms. The van der Waals surface area contributed by atoms with Crippen LogP contribution >= 0.6 is 11.8 Å². The number of amides is 1. The van der Waals surface area contributed by atoms with Gasteiger partial charge in [0.05, 0.1) is 12.1 Å². The summed E-state index contributed by atoms with van der Waals surface area (Å²) in [6, 6.07) is -0.370. The van der Waals surface area contributed by atoms with Gasteiger partial charge >= 0.3 is 0 Å². The first-order chi connectivity index (χ1) is 7.65. The van der Waals surface area contributed by atoms with Crippen LogP contribution in [0.2, 0.25) is 0 Å². The summed E-state index contributed by atoms with van der Waals surface area (Å²) in [5, 5.41) is 2.91. The van der Waals surface area contributed by atoms with E-state index in [4.69, 9.17) is 10.5 Å². The average Bonchev–Trinajstić information content (AvgIpc) is 2.68. The van der Waals surface area contributed by atoms with Gasteiger partial charge in [-0.3, -0.25) is 4.79 Å². The monoisotopic (exact) mass is 246 g/mol. The molecular formula is C11H22N2O2S.